The number of pyridine rings is 1. The van der Waals surface area contributed by atoms with Gasteiger partial charge in [-0.05, 0) is 0 Å². The van der Waals surface area contributed by atoms with E-state index in [1.54, 1.807) is 0 Å². The van der Waals surface area contributed by atoms with Gasteiger partial charge in [-0.25, -0.2) is 4.98 Å². The molecule has 2 aromatic rings. The summed E-state index contributed by atoms with van der Waals surface area (Å²) in [5.41, 5.74) is 0.204. The first-order valence-corrected chi connectivity index (χ1v) is 6.15. The third kappa shape index (κ3) is 1.28. The molecule has 3 heterocycles. The van der Waals surface area contributed by atoms with Crippen LogP contribution in [0.4, 0.5) is 0 Å². The molecule has 1 aliphatic heterocycles. The molecule has 1 unspecified atom stereocenters. The third-order valence-electron chi connectivity index (χ3n) is 2.94. The summed E-state index contributed by atoms with van der Waals surface area (Å²) in [6.07, 6.45) is 1.20. The fourth-order valence-electron chi connectivity index (χ4n) is 2.19. The van der Waals surface area contributed by atoms with Gasteiger partial charge in [-0.15, -0.1) is 0 Å². The van der Waals surface area contributed by atoms with Crippen molar-refractivity contribution in [1.29, 1.82) is 0 Å². The van der Waals surface area contributed by atoms with Gasteiger partial charge in [0.05, 0.1) is 12.2 Å². The summed E-state index contributed by atoms with van der Waals surface area (Å²) in [6, 6.07) is 1.12. The molecule has 2 aromatic heterocycles. The summed E-state index contributed by atoms with van der Waals surface area (Å²) >= 11 is 3.31. The molecule has 0 saturated carbocycles. The molecule has 1 N–H and O–H groups in total. The van der Waals surface area contributed by atoms with E-state index in [-0.39, 0.29) is 17.4 Å². The van der Waals surface area contributed by atoms with Crippen LogP contribution in [0.15, 0.2) is 21.9 Å². The lowest BCUT2D eigenvalue weighted by molar-refractivity contribution is 0.451. The Morgan fingerprint density at radius 3 is 3.00 bits per heavy atom. The highest BCUT2D eigenvalue weighted by molar-refractivity contribution is 9.09. The van der Waals surface area contributed by atoms with Crippen LogP contribution in [0.1, 0.15) is 6.04 Å². The van der Waals surface area contributed by atoms with E-state index >= 15 is 0 Å². The zero-order valence-electron chi connectivity index (χ0n) is 8.63. The molecule has 3 rings (SSSR count). The van der Waals surface area contributed by atoms with Crippen LogP contribution in [-0.4, -0.2) is 24.6 Å². The number of aromatic hydroxyl groups is 1. The van der Waals surface area contributed by atoms with E-state index in [0.29, 0.717) is 23.0 Å². The highest BCUT2D eigenvalue weighted by Crippen LogP contribution is 2.25. The lowest BCUT2D eigenvalue weighted by Crippen LogP contribution is -2.23. The molecule has 0 spiro atoms. The van der Waals surface area contributed by atoms with E-state index in [0.717, 1.165) is 0 Å². The van der Waals surface area contributed by atoms with Gasteiger partial charge in [0.25, 0.3) is 11.1 Å². The van der Waals surface area contributed by atoms with Gasteiger partial charge in [0.15, 0.2) is 5.75 Å². The Bertz CT molecular complexity index is 734. The van der Waals surface area contributed by atoms with Gasteiger partial charge in [-0.3, -0.25) is 18.7 Å². The average Bonchev–Trinajstić information content (AvgIpc) is 2.71. The topological polar surface area (TPSA) is 77.1 Å². The molecule has 1 atom stereocenters. The smallest absolute Gasteiger partial charge is 0.294 e. The zero-order valence-corrected chi connectivity index (χ0v) is 10.2. The van der Waals surface area contributed by atoms with Crippen LogP contribution in [0.3, 0.4) is 0 Å². The van der Waals surface area contributed by atoms with Crippen LogP contribution in [-0.2, 0) is 6.54 Å². The number of halogens is 1. The monoisotopic (exact) mass is 297 g/mol. The number of nitrogens with zero attached hydrogens (tertiary/aromatic N) is 3. The predicted molar refractivity (Wildman–Crippen MR) is 64.8 cm³/mol. The van der Waals surface area contributed by atoms with Crippen molar-refractivity contribution in [1.82, 2.24) is 14.1 Å². The number of aromatic nitrogens is 3. The average molecular weight is 298 g/mol. The summed E-state index contributed by atoms with van der Waals surface area (Å²) in [5, 5.41) is 10.1. The van der Waals surface area contributed by atoms with E-state index in [4.69, 9.17) is 0 Å². The molecule has 1 aliphatic rings. The Hall–Kier alpha value is -1.63. The van der Waals surface area contributed by atoms with Crippen molar-refractivity contribution in [3.05, 3.63) is 33.0 Å². The number of alkyl halides is 1. The number of hydrogen-bond donors (Lipinski definition) is 1. The van der Waals surface area contributed by atoms with Crippen LogP contribution >= 0.6 is 15.9 Å². The Kier molecular flexibility index (Phi) is 2.12. The molecule has 0 bridgehead atoms. The number of rotatable bonds is 1. The van der Waals surface area contributed by atoms with Gasteiger partial charge in [0.2, 0.25) is 0 Å². The summed E-state index contributed by atoms with van der Waals surface area (Å²) in [5.74, 6) is -0.344. The first kappa shape index (κ1) is 10.5. The van der Waals surface area contributed by atoms with Crippen molar-refractivity contribution in [2.75, 3.05) is 5.33 Å². The molecule has 88 valence electrons. The lowest BCUT2D eigenvalue weighted by atomic mass is 10.3. The van der Waals surface area contributed by atoms with Crippen LogP contribution < -0.4 is 11.1 Å². The maximum atomic E-state index is 11.9. The van der Waals surface area contributed by atoms with Gasteiger partial charge < -0.3 is 5.11 Å². The minimum Gasteiger partial charge on any atom is -0.503 e. The van der Waals surface area contributed by atoms with E-state index in [2.05, 4.69) is 20.9 Å². The van der Waals surface area contributed by atoms with Gasteiger partial charge in [-0.1, -0.05) is 15.9 Å². The highest BCUT2D eigenvalue weighted by atomic mass is 79.9. The van der Waals surface area contributed by atoms with Gasteiger partial charge in [0.1, 0.15) is 11.2 Å². The van der Waals surface area contributed by atoms with E-state index in [1.807, 2.05) is 0 Å². The largest absolute Gasteiger partial charge is 0.503 e. The van der Waals surface area contributed by atoms with Crippen molar-refractivity contribution < 1.29 is 5.11 Å². The fourth-order valence-corrected chi connectivity index (χ4v) is 2.68. The summed E-state index contributed by atoms with van der Waals surface area (Å²) in [6.45, 7) is 0.418. The predicted octanol–water partition coefficient (Wildman–Crippen LogP) is 0.213. The standard InChI is InChI=1S/C10H8BrN3O3/c11-2-5-4-13-8(16)3-12-6-1-7(15)10(17)14(5)9(6)13/h1,3,5,15H,2,4H2. The second kappa shape index (κ2) is 3.43. The molecule has 17 heavy (non-hydrogen) atoms. The lowest BCUT2D eigenvalue weighted by Gasteiger charge is -2.09. The fraction of sp³-hybridized carbons (Fsp3) is 0.300. The summed E-state index contributed by atoms with van der Waals surface area (Å²) in [4.78, 5) is 27.5. The summed E-state index contributed by atoms with van der Waals surface area (Å²) < 4.78 is 2.93. The van der Waals surface area contributed by atoms with E-state index < -0.39 is 5.56 Å². The molecule has 7 heteroatoms. The van der Waals surface area contributed by atoms with Crippen LogP contribution in [0, 0.1) is 0 Å². The van der Waals surface area contributed by atoms with Crippen LogP contribution in [0.2, 0.25) is 0 Å². The Morgan fingerprint density at radius 2 is 2.29 bits per heavy atom. The quantitative estimate of drug-likeness (QED) is 0.764. The third-order valence-corrected chi connectivity index (χ3v) is 3.69. The molecule has 0 aromatic carbocycles. The zero-order chi connectivity index (χ0) is 12.2. The molecule has 0 aliphatic carbocycles. The highest BCUT2D eigenvalue weighted by Gasteiger charge is 2.27. The van der Waals surface area contributed by atoms with Crippen molar-refractivity contribution in [3.8, 4) is 5.75 Å². The van der Waals surface area contributed by atoms with Gasteiger partial charge in [0, 0.05) is 17.9 Å². The van der Waals surface area contributed by atoms with Crippen molar-refractivity contribution >= 4 is 27.1 Å². The van der Waals surface area contributed by atoms with Gasteiger partial charge in [-0.2, -0.15) is 0 Å². The van der Waals surface area contributed by atoms with E-state index in [1.165, 1.54) is 21.4 Å². The minimum absolute atomic E-state index is 0.172. The molecular weight excluding hydrogens is 290 g/mol. The Labute approximate surface area is 103 Å². The second-order valence-corrected chi connectivity index (χ2v) is 4.58. The van der Waals surface area contributed by atoms with Crippen molar-refractivity contribution in [2.24, 2.45) is 0 Å². The van der Waals surface area contributed by atoms with Gasteiger partial charge >= 0.3 is 0 Å². The molecular formula is C10H8BrN3O3. The normalized spacial score (nSPS) is 17.8. The maximum Gasteiger partial charge on any atom is 0.294 e. The van der Waals surface area contributed by atoms with Crippen LogP contribution in [0.25, 0.3) is 11.2 Å². The molecule has 6 nitrogen and oxygen atoms in total. The Balaban J connectivity index is 2.56. The van der Waals surface area contributed by atoms with Crippen molar-refractivity contribution in [3.63, 3.8) is 0 Å². The molecule has 0 amide bonds. The summed E-state index contributed by atoms with van der Waals surface area (Å²) in [7, 11) is 0. The Morgan fingerprint density at radius 1 is 1.53 bits per heavy atom. The SMILES string of the molecule is O=c1cnc2cc(O)c(=O)n3c2n1CC3CBr. The maximum absolute atomic E-state index is 11.9. The minimum atomic E-state index is -0.486. The first-order valence-electron chi connectivity index (χ1n) is 5.03. The molecule has 0 radical (unpaired) electrons. The molecule has 0 fully saturated rings. The molecule has 0 saturated heterocycles. The van der Waals surface area contributed by atoms with Crippen molar-refractivity contribution in [2.45, 2.75) is 12.6 Å². The first-order chi connectivity index (χ1) is 8.13. The number of hydrogen-bond acceptors (Lipinski definition) is 4. The van der Waals surface area contributed by atoms with E-state index in [9.17, 15) is 14.7 Å². The van der Waals surface area contributed by atoms with Crippen LogP contribution in [0.5, 0.6) is 5.75 Å². The second-order valence-electron chi connectivity index (χ2n) is 3.93.